The molecule has 148 valence electrons. The molecule has 0 N–H and O–H groups in total. The van der Waals surface area contributed by atoms with Gasteiger partial charge in [0, 0.05) is 24.5 Å². The van der Waals surface area contributed by atoms with Crippen LogP contribution < -0.4 is 0 Å². The quantitative estimate of drug-likeness (QED) is 0.280. The van der Waals surface area contributed by atoms with Gasteiger partial charge in [0.1, 0.15) is 5.78 Å². The van der Waals surface area contributed by atoms with Crippen LogP contribution in [-0.2, 0) is 23.9 Å². The molecule has 1 aromatic carbocycles. The standard InChI is InChI=1S/C19H25NO7/c1-11(2)26-18(22)17(19(23)27-12(3)4)16(10-13(5)21)14-6-8-15(9-7-14)20(24)25/h6-9,11-12,16-17H,10H2,1-5H3/t16-/m0/s1. The second-order valence-electron chi connectivity index (χ2n) is 6.81. The van der Waals surface area contributed by atoms with Crippen molar-refractivity contribution in [3.63, 3.8) is 0 Å². The minimum absolute atomic E-state index is 0.108. The van der Waals surface area contributed by atoms with Gasteiger partial charge in [-0.3, -0.25) is 19.7 Å². The van der Waals surface area contributed by atoms with E-state index in [-0.39, 0.29) is 17.9 Å². The third-order valence-corrected chi connectivity index (χ3v) is 3.65. The second-order valence-corrected chi connectivity index (χ2v) is 6.81. The number of carbonyl (C=O) groups is 3. The van der Waals surface area contributed by atoms with Crippen molar-refractivity contribution in [3.8, 4) is 0 Å². The maximum atomic E-state index is 12.6. The molecule has 1 atom stereocenters. The number of ether oxygens (including phenoxy) is 2. The fourth-order valence-electron chi connectivity index (χ4n) is 2.62. The normalized spacial score (nSPS) is 12.1. The second kappa shape index (κ2) is 9.80. The summed E-state index contributed by atoms with van der Waals surface area (Å²) in [5, 5.41) is 10.9. The van der Waals surface area contributed by atoms with E-state index in [9.17, 15) is 24.5 Å². The van der Waals surface area contributed by atoms with E-state index in [4.69, 9.17) is 9.47 Å². The largest absolute Gasteiger partial charge is 0.462 e. The van der Waals surface area contributed by atoms with Crippen molar-refractivity contribution >= 4 is 23.4 Å². The molecule has 0 heterocycles. The van der Waals surface area contributed by atoms with Gasteiger partial charge in [-0.25, -0.2) is 0 Å². The van der Waals surface area contributed by atoms with Crippen molar-refractivity contribution in [3.05, 3.63) is 39.9 Å². The lowest BCUT2D eigenvalue weighted by Gasteiger charge is -2.25. The number of Topliss-reactive ketones (excluding diaryl/α,β-unsaturated/α-hetero) is 1. The van der Waals surface area contributed by atoms with E-state index in [2.05, 4.69) is 0 Å². The van der Waals surface area contributed by atoms with Crippen LogP contribution in [-0.4, -0.2) is 34.9 Å². The summed E-state index contributed by atoms with van der Waals surface area (Å²) < 4.78 is 10.4. The summed E-state index contributed by atoms with van der Waals surface area (Å²) in [6.45, 7) is 7.93. The third kappa shape index (κ3) is 6.80. The molecule has 0 aliphatic carbocycles. The van der Waals surface area contributed by atoms with E-state index >= 15 is 0 Å². The van der Waals surface area contributed by atoms with Crippen molar-refractivity contribution in [1.82, 2.24) is 0 Å². The maximum Gasteiger partial charge on any atom is 0.321 e. The minimum atomic E-state index is -1.35. The van der Waals surface area contributed by atoms with Gasteiger partial charge in [-0.2, -0.15) is 0 Å². The summed E-state index contributed by atoms with van der Waals surface area (Å²) in [5.41, 5.74) is 0.314. The highest BCUT2D eigenvalue weighted by molar-refractivity contribution is 5.97. The molecule has 1 rings (SSSR count). The summed E-state index contributed by atoms with van der Waals surface area (Å²) in [6, 6.07) is 5.40. The Kier molecular flexibility index (Phi) is 8.08. The Morgan fingerprint density at radius 2 is 1.41 bits per heavy atom. The Balaban J connectivity index is 3.35. The zero-order valence-corrected chi connectivity index (χ0v) is 16.1. The van der Waals surface area contributed by atoms with Gasteiger partial charge >= 0.3 is 11.9 Å². The van der Waals surface area contributed by atoms with E-state index in [1.165, 1.54) is 31.2 Å². The van der Waals surface area contributed by atoms with Crippen LogP contribution in [0.4, 0.5) is 5.69 Å². The number of nitro groups is 1. The van der Waals surface area contributed by atoms with Crippen molar-refractivity contribution in [1.29, 1.82) is 0 Å². The number of ketones is 1. The summed E-state index contributed by atoms with van der Waals surface area (Å²) in [5.74, 6) is -4.01. The molecule has 0 aliphatic rings. The number of nitrogens with zero attached hydrogens (tertiary/aromatic N) is 1. The fourth-order valence-corrected chi connectivity index (χ4v) is 2.62. The number of non-ortho nitro benzene ring substituents is 1. The lowest BCUT2D eigenvalue weighted by Crippen LogP contribution is -2.36. The van der Waals surface area contributed by atoms with Gasteiger partial charge in [-0.15, -0.1) is 0 Å². The van der Waals surface area contributed by atoms with Crippen LogP contribution in [0.3, 0.4) is 0 Å². The van der Waals surface area contributed by atoms with Crippen LogP contribution in [0.25, 0.3) is 0 Å². The topological polar surface area (TPSA) is 113 Å². The molecular weight excluding hydrogens is 354 g/mol. The van der Waals surface area contributed by atoms with Crippen LogP contribution in [0.15, 0.2) is 24.3 Å². The molecule has 0 spiro atoms. The first-order chi connectivity index (χ1) is 12.5. The highest BCUT2D eigenvalue weighted by Crippen LogP contribution is 2.32. The number of hydrogen-bond acceptors (Lipinski definition) is 7. The zero-order chi connectivity index (χ0) is 20.7. The van der Waals surface area contributed by atoms with Crippen molar-refractivity contribution in [2.75, 3.05) is 0 Å². The average Bonchev–Trinajstić information content (AvgIpc) is 2.52. The van der Waals surface area contributed by atoms with E-state index < -0.39 is 40.9 Å². The molecule has 0 saturated carbocycles. The van der Waals surface area contributed by atoms with E-state index in [1.807, 2.05) is 0 Å². The molecule has 8 nitrogen and oxygen atoms in total. The lowest BCUT2D eigenvalue weighted by molar-refractivity contribution is -0.384. The molecule has 0 aromatic heterocycles. The smallest absolute Gasteiger partial charge is 0.321 e. The molecule has 0 amide bonds. The first-order valence-electron chi connectivity index (χ1n) is 8.67. The highest BCUT2D eigenvalue weighted by Gasteiger charge is 2.40. The molecule has 0 unspecified atom stereocenters. The fraction of sp³-hybridized carbons (Fsp3) is 0.526. The van der Waals surface area contributed by atoms with Gasteiger partial charge < -0.3 is 14.3 Å². The Morgan fingerprint density at radius 3 is 1.74 bits per heavy atom. The number of rotatable bonds is 9. The van der Waals surface area contributed by atoms with Crippen LogP contribution in [0.2, 0.25) is 0 Å². The van der Waals surface area contributed by atoms with Crippen LogP contribution >= 0.6 is 0 Å². The average molecular weight is 379 g/mol. The van der Waals surface area contributed by atoms with E-state index in [0.29, 0.717) is 5.56 Å². The third-order valence-electron chi connectivity index (χ3n) is 3.65. The van der Waals surface area contributed by atoms with Crippen molar-refractivity contribution < 1.29 is 28.8 Å². The number of benzene rings is 1. The number of carbonyl (C=O) groups excluding carboxylic acids is 3. The zero-order valence-electron chi connectivity index (χ0n) is 16.1. The van der Waals surface area contributed by atoms with Gasteiger partial charge in [0.25, 0.3) is 5.69 Å². The monoisotopic (exact) mass is 379 g/mol. The van der Waals surface area contributed by atoms with Gasteiger partial charge in [0.05, 0.1) is 17.1 Å². The Hall–Kier alpha value is -2.77. The highest BCUT2D eigenvalue weighted by atomic mass is 16.6. The van der Waals surface area contributed by atoms with Gasteiger partial charge in [-0.05, 0) is 40.2 Å². The van der Waals surface area contributed by atoms with E-state index in [1.54, 1.807) is 27.7 Å². The van der Waals surface area contributed by atoms with Crippen LogP contribution in [0.5, 0.6) is 0 Å². The van der Waals surface area contributed by atoms with Crippen molar-refractivity contribution in [2.24, 2.45) is 5.92 Å². The number of hydrogen-bond donors (Lipinski definition) is 0. The van der Waals surface area contributed by atoms with Gasteiger partial charge in [0.2, 0.25) is 0 Å². The molecule has 1 aromatic rings. The van der Waals surface area contributed by atoms with Crippen LogP contribution in [0, 0.1) is 16.0 Å². The number of nitro benzene ring substituents is 1. The first kappa shape index (κ1) is 22.3. The van der Waals surface area contributed by atoms with Gasteiger partial charge in [0.15, 0.2) is 5.92 Å². The number of esters is 2. The Bertz CT molecular complexity index is 673. The lowest BCUT2D eigenvalue weighted by atomic mass is 9.82. The maximum absolute atomic E-state index is 12.6. The first-order valence-corrected chi connectivity index (χ1v) is 8.67. The molecule has 27 heavy (non-hydrogen) atoms. The molecular formula is C19H25NO7. The van der Waals surface area contributed by atoms with E-state index in [0.717, 1.165) is 0 Å². The summed E-state index contributed by atoms with van der Waals surface area (Å²) in [4.78, 5) is 47.3. The SMILES string of the molecule is CC(=O)C[C@@H](c1ccc([N+](=O)[O-])cc1)C(C(=O)OC(C)C)C(=O)OC(C)C. The van der Waals surface area contributed by atoms with Crippen molar-refractivity contribution in [2.45, 2.75) is 59.2 Å². The molecule has 0 radical (unpaired) electrons. The predicted octanol–water partition coefficient (Wildman–Crippen LogP) is 3.18. The predicted molar refractivity (Wildman–Crippen MR) is 97.1 cm³/mol. The molecule has 0 bridgehead atoms. The minimum Gasteiger partial charge on any atom is -0.462 e. The molecule has 0 saturated heterocycles. The molecule has 0 fully saturated rings. The summed E-state index contributed by atoms with van der Waals surface area (Å²) in [6.07, 6.45) is -1.02. The van der Waals surface area contributed by atoms with Gasteiger partial charge in [-0.1, -0.05) is 12.1 Å². The Labute approximate surface area is 158 Å². The summed E-state index contributed by atoms with van der Waals surface area (Å²) >= 11 is 0. The molecule has 0 aliphatic heterocycles. The Morgan fingerprint density at radius 1 is 0.963 bits per heavy atom. The summed E-state index contributed by atoms with van der Waals surface area (Å²) in [7, 11) is 0. The molecule has 8 heteroatoms. The van der Waals surface area contributed by atoms with Crippen LogP contribution in [0.1, 0.15) is 52.5 Å².